The van der Waals surface area contributed by atoms with E-state index in [0.29, 0.717) is 5.56 Å². The van der Waals surface area contributed by atoms with Crippen LogP contribution in [0.2, 0.25) is 0 Å². The zero-order valence-electron chi connectivity index (χ0n) is 34.6. The van der Waals surface area contributed by atoms with E-state index < -0.39 is 148 Å². The summed E-state index contributed by atoms with van der Waals surface area (Å²) in [6.07, 6.45) is -14.0. The van der Waals surface area contributed by atoms with Crippen molar-refractivity contribution in [3.63, 3.8) is 0 Å². The summed E-state index contributed by atoms with van der Waals surface area (Å²) in [7, 11) is 0. The molecule has 398 valence electrons. The summed E-state index contributed by atoms with van der Waals surface area (Å²) < 4.78 is 358. The number of rotatable bonds is 19. The van der Waals surface area contributed by atoms with Crippen LogP contribution in [0.3, 0.4) is 0 Å². The predicted octanol–water partition coefficient (Wildman–Crippen LogP) is 13.2. The predicted molar refractivity (Wildman–Crippen MR) is 194 cm³/mol. The molecule has 0 unspecified atom stereocenters. The van der Waals surface area contributed by atoms with E-state index in [1.807, 2.05) is 0 Å². The zero-order valence-corrected chi connectivity index (χ0v) is 34.6. The van der Waals surface area contributed by atoms with Crippen molar-refractivity contribution in [3.05, 3.63) is 88.0 Å². The molecule has 0 radical (unpaired) electrons. The van der Waals surface area contributed by atoms with Gasteiger partial charge in [0, 0.05) is 71.5 Å². The molecular weight excluding hydrogens is 1050 g/mol. The summed E-state index contributed by atoms with van der Waals surface area (Å²) in [5.41, 5.74) is -8.82. The van der Waals surface area contributed by atoms with Crippen molar-refractivity contribution in [3.8, 4) is 17.2 Å². The van der Waals surface area contributed by atoms with Gasteiger partial charge in [-0.05, 0) is 55.5 Å². The minimum absolute atomic E-state index is 0.00535. The van der Waals surface area contributed by atoms with Gasteiger partial charge in [-0.2, -0.15) is 114 Å². The van der Waals surface area contributed by atoms with Gasteiger partial charge in [-0.3, -0.25) is 15.0 Å². The average molecular weight is 1080 g/mol. The van der Waals surface area contributed by atoms with Crippen LogP contribution >= 0.6 is 0 Å². The summed E-state index contributed by atoms with van der Waals surface area (Å²) in [5, 5.41) is 30.4. The second kappa shape index (κ2) is 18.7. The number of hydrogen-bond donors (Lipinski definition) is 3. The van der Waals surface area contributed by atoms with Gasteiger partial charge in [-0.25, -0.2) is 0 Å². The minimum Gasteiger partial charge on any atom is -0.507 e. The minimum atomic E-state index is -8.25. The molecule has 0 bridgehead atoms. The Kier molecular flexibility index (Phi) is 15.7. The molecule has 0 atom stereocenters. The second-order valence-electron chi connectivity index (χ2n) is 15.6. The van der Waals surface area contributed by atoms with Crippen molar-refractivity contribution in [2.75, 3.05) is 19.6 Å². The molecule has 0 aliphatic heterocycles. The van der Waals surface area contributed by atoms with Crippen molar-refractivity contribution < 1.29 is 129 Å². The van der Waals surface area contributed by atoms with Gasteiger partial charge >= 0.3 is 71.6 Å². The first-order valence-corrected chi connectivity index (χ1v) is 18.4. The van der Waals surface area contributed by atoms with Crippen molar-refractivity contribution >= 4 is 18.6 Å². The Hall–Kier alpha value is -5.75. The lowest BCUT2D eigenvalue weighted by molar-refractivity contribution is -0.441. The molecule has 0 saturated heterocycles. The third kappa shape index (κ3) is 10.2. The number of aryl methyl sites for hydroxylation is 1. The normalized spacial score (nSPS) is 15.9. The van der Waals surface area contributed by atoms with E-state index in [0.717, 1.165) is 13.1 Å². The van der Waals surface area contributed by atoms with E-state index in [-0.39, 0.29) is 42.3 Å². The fourth-order valence-corrected chi connectivity index (χ4v) is 5.63. The molecule has 3 aromatic carbocycles. The van der Waals surface area contributed by atoms with Crippen LogP contribution in [0.5, 0.6) is 17.2 Å². The SMILES string of the molecule is Cc1ccc(O)c(C=NCC(C)(CN=Cc2cc(C(F)(F)C(F)(F)C(F)(F)C(F)(F)C(F)(F)C(F)(F)F)ccc2O)CN=Cc2cc(C(F)(F)C(F)(F)C(F)(F)C(F)(F)C(F)(F)C(F)(F)F)ccc2O)c1. The molecular formula is C39H27F26N3O3. The molecule has 0 amide bonds. The second-order valence-corrected chi connectivity index (χ2v) is 15.6. The highest BCUT2D eigenvalue weighted by Gasteiger charge is 2.92. The summed E-state index contributed by atoms with van der Waals surface area (Å²) in [6, 6.07) is 2.36. The average Bonchev–Trinajstić information content (AvgIpc) is 3.21. The standard InChI is InChI=1S/C39H27F26N3O3/c1-18-3-6-24(69)19(9-18)12-66-15-27(2,16-67-13-20-10-22(4-7-25(20)70)28(40,41)30(44,45)32(48,49)34(52,53)36(56,57)38(60,61)62)17-68-14-21-11-23(5-8-26(21)71)29(42,43)31(46,47)33(50,51)35(54,55)37(58,59)39(63,64)65/h3-14,69-71H,15-17H2,1-2H3. The zero-order chi connectivity index (χ0) is 55.4. The van der Waals surface area contributed by atoms with Gasteiger partial charge in [-0.15, -0.1) is 0 Å². The number of alkyl halides is 26. The smallest absolute Gasteiger partial charge is 0.460 e. The van der Waals surface area contributed by atoms with Gasteiger partial charge in [-0.1, -0.05) is 18.6 Å². The summed E-state index contributed by atoms with van der Waals surface area (Å²) >= 11 is 0. The van der Waals surface area contributed by atoms with E-state index in [1.165, 1.54) is 25.1 Å². The first-order chi connectivity index (χ1) is 31.6. The lowest BCUT2D eigenvalue weighted by Crippen LogP contribution is -2.69. The highest BCUT2D eigenvalue weighted by atomic mass is 19.4. The van der Waals surface area contributed by atoms with Gasteiger partial charge in [0.15, 0.2) is 0 Å². The van der Waals surface area contributed by atoms with Crippen LogP contribution in [0.15, 0.2) is 69.6 Å². The van der Waals surface area contributed by atoms with Crippen LogP contribution in [0.1, 0.15) is 40.3 Å². The van der Waals surface area contributed by atoms with Crippen molar-refractivity contribution in [2.24, 2.45) is 20.4 Å². The molecule has 0 spiro atoms. The number of benzene rings is 3. The molecule has 0 aliphatic rings. The Balaban J connectivity index is 2.08. The topological polar surface area (TPSA) is 97.8 Å². The summed E-state index contributed by atoms with van der Waals surface area (Å²) in [6.45, 7) is 0.184. The van der Waals surface area contributed by atoms with E-state index in [4.69, 9.17) is 0 Å². The largest absolute Gasteiger partial charge is 0.507 e. The first kappa shape index (κ1) is 59.6. The Labute approximate surface area is 379 Å². The number of nitrogens with zero attached hydrogens (tertiary/aromatic N) is 3. The first-order valence-electron chi connectivity index (χ1n) is 18.4. The number of phenols is 3. The number of hydrogen-bond acceptors (Lipinski definition) is 6. The number of aliphatic imine (C=N–C) groups is 3. The molecule has 6 nitrogen and oxygen atoms in total. The number of phenolic OH excluding ortho intramolecular Hbond substituents is 3. The Morgan fingerprint density at radius 1 is 0.366 bits per heavy atom. The van der Waals surface area contributed by atoms with Gasteiger partial charge < -0.3 is 15.3 Å². The van der Waals surface area contributed by atoms with E-state index >= 15 is 0 Å². The van der Waals surface area contributed by atoms with E-state index in [1.54, 1.807) is 0 Å². The van der Waals surface area contributed by atoms with Crippen molar-refractivity contribution in [1.29, 1.82) is 0 Å². The van der Waals surface area contributed by atoms with Crippen molar-refractivity contribution in [2.45, 2.75) is 85.4 Å². The highest BCUT2D eigenvalue weighted by molar-refractivity contribution is 5.85. The maximum Gasteiger partial charge on any atom is 0.460 e. The lowest BCUT2D eigenvalue weighted by Gasteiger charge is -2.39. The molecule has 0 aromatic heterocycles. The van der Waals surface area contributed by atoms with E-state index in [2.05, 4.69) is 15.0 Å². The highest BCUT2D eigenvalue weighted by Crippen LogP contribution is 2.64. The molecule has 3 rings (SSSR count). The third-order valence-electron chi connectivity index (χ3n) is 9.94. The Morgan fingerprint density at radius 3 is 0.901 bits per heavy atom. The lowest BCUT2D eigenvalue weighted by atomic mass is 9.89. The fraction of sp³-hybridized carbons (Fsp3) is 0.462. The number of halogens is 26. The van der Waals surface area contributed by atoms with Gasteiger partial charge in [0.2, 0.25) is 0 Å². The van der Waals surface area contributed by atoms with Gasteiger partial charge in [0.25, 0.3) is 0 Å². The Morgan fingerprint density at radius 2 is 0.620 bits per heavy atom. The monoisotopic (exact) mass is 1080 g/mol. The molecule has 3 aromatic rings. The maximum absolute atomic E-state index is 14.9. The number of aromatic hydroxyl groups is 3. The summed E-state index contributed by atoms with van der Waals surface area (Å²) in [4.78, 5) is 11.3. The fourth-order valence-electron chi connectivity index (χ4n) is 5.63. The van der Waals surface area contributed by atoms with Gasteiger partial charge in [0.1, 0.15) is 17.2 Å². The summed E-state index contributed by atoms with van der Waals surface area (Å²) in [5.74, 6) is -81.1. The molecule has 0 heterocycles. The maximum atomic E-state index is 14.9. The molecule has 32 heteroatoms. The quantitative estimate of drug-likeness (QED) is 0.0824. The van der Waals surface area contributed by atoms with Crippen LogP contribution in [-0.2, 0) is 11.8 Å². The van der Waals surface area contributed by atoms with Crippen LogP contribution < -0.4 is 0 Å². The van der Waals surface area contributed by atoms with Crippen LogP contribution in [0.25, 0.3) is 0 Å². The Bertz CT molecular complexity index is 2360. The molecule has 0 saturated carbocycles. The molecule has 0 aliphatic carbocycles. The van der Waals surface area contributed by atoms with Gasteiger partial charge in [0.05, 0.1) is 0 Å². The van der Waals surface area contributed by atoms with Crippen LogP contribution in [-0.4, -0.2) is 113 Å². The molecule has 71 heavy (non-hydrogen) atoms. The van der Waals surface area contributed by atoms with Crippen LogP contribution in [0, 0.1) is 12.3 Å². The van der Waals surface area contributed by atoms with Crippen LogP contribution in [0.4, 0.5) is 114 Å². The third-order valence-corrected chi connectivity index (χ3v) is 9.94. The van der Waals surface area contributed by atoms with E-state index in [9.17, 15) is 129 Å². The van der Waals surface area contributed by atoms with Crippen molar-refractivity contribution in [1.82, 2.24) is 0 Å². The molecule has 0 fully saturated rings. The molecule has 3 N–H and O–H groups in total.